The molecule has 1 aliphatic heterocycles. The van der Waals surface area contributed by atoms with Crippen LogP contribution in [0.3, 0.4) is 0 Å². The Hall–Kier alpha value is -4.44. The maximum atomic E-state index is 13.3. The van der Waals surface area contributed by atoms with Gasteiger partial charge >= 0.3 is 27.6 Å². The summed E-state index contributed by atoms with van der Waals surface area (Å²) >= 11 is 0. The molecule has 1 saturated heterocycles. The van der Waals surface area contributed by atoms with Gasteiger partial charge in [0.1, 0.15) is 60.7 Å². The summed E-state index contributed by atoms with van der Waals surface area (Å²) in [4.78, 5) is 121. The summed E-state index contributed by atoms with van der Waals surface area (Å²) in [6.45, 7) is 10.4. The molecule has 0 spiro atoms. The molecule has 0 aromatic heterocycles. The van der Waals surface area contributed by atoms with Crippen molar-refractivity contribution in [3.63, 3.8) is 0 Å². The lowest BCUT2D eigenvalue weighted by Crippen LogP contribution is -2.66. The van der Waals surface area contributed by atoms with Gasteiger partial charge in [-0.3, -0.25) is 42.6 Å². The molecule has 0 aromatic carbocycles. The lowest BCUT2D eigenvalue weighted by molar-refractivity contribution is -0.261. The molecule has 0 radical (unpaired) electrons. The van der Waals surface area contributed by atoms with Crippen LogP contribution in [0.15, 0.2) is 11.6 Å². The molecule has 14 atom stereocenters. The highest BCUT2D eigenvalue weighted by molar-refractivity contribution is 7.61. The Kier molecular flexibility index (Phi) is 28.4. The van der Waals surface area contributed by atoms with Crippen LogP contribution in [0.25, 0.3) is 0 Å². The number of aliphatic hydroxyl groups excluding tert-OH is 2. The van der Waals surface area contributed by atoms with E-state index in [4.69, 9.17) is 29.4 Å². The highest BCUT2D eigenvalue weighted by atomic mass is 31.3. The first-order valence-corrected chi connectivity index (χ1v) is 25.8. The number of phosphoric ester groups is 2. The fraction of sp³-hybridized carbons (Fsp3) is 0.756. The summed E-state index contributed by atoms with van der Waals surface area (Å²) in [6, 6.07) is -8.68. The molecule has 1 heterocycles. The fourth-order valence-corrected chi connectivity index (χ4v) is 8.68. The number of phosphoric acid groups is 2. The van der Waals surface area contributed by atoms with Crippen molar-refractivity contribution < 1.29 is 101 Å². The molecule has 4 unspecified atom stereocenters. The Morgan fingerprint density at radius 3 is 1.87 bits per heavy atom. The number of ether oxygens (including phenoxy) is 2. The van der Waals surface area contributed by atoms with Crippen LogP contribution in [0, 0.1) is 5.92 Å². The van der Waals surface area contributed by atoms with E-state index in [1.54, 1.807) is 0 Å². The standard InChI is InChI=1S/C41H73N7O21P2/c1-21(2)12-11-13-22(3)17-19-65-70(61,62)69-71(63,64)68-41-32(46-27(8)50)34(33(52)30(20-49)67-41)66-26(7)37(55)43-24(5)36(54)48-29(40(59)60)15-16-31(51)47-28(14-9-10-18-42)38(56)44-23(4)35(53)45-25(6)39(57)58/h12,22-26,28-30,32-34,41,49,52H,9-11,13-20,42H2,1-8H3,(H,43,55)(H,44,56)(H,45,53)(H,46,50)(H,47,51)(H,48,54)(H,57,58)(H,59,60)(H,61,62)(H,63,64)/t22?,23-,24+,25-,26?,28+,29-,30-,32-,33-,34-,41-/m1/s1. The number of carboxylic acids is 2. The van der Waals surface area contributed by atoms with Gasteiger partial charge in [0.15, 0.2) is 6.29 Å². The molecule has 28 nitrogen and oxygen atoms in total. The minimum Gasteiger partial charge on any atom is -0.480 e. The number of aliphatic hydroxyl groups is 2. The van der Waals surface area contributed by atoms with E-state index in [0.717, 1.165) is 39.2 Å². The number of nitrogens with one attached hydrogen (secondary N) is 6. The number of carbonyl (C=O) groups excluding carboxylic acids is 6. The normalized spacial score (nSPS) is 22.5. The van der Waals surface area contributed by atoms with Crippen LogP contribution in [0.2, 0.25) is 0 Å². The van der Waals surface area contributed by atoms with E-state index in [0.29, 0.717) is 12.8 Å². The highest BCUT2D eigenvalue weighted by Crippen LogP contribution is 2.61. The highest BCUT2D eigenvalue weighted by Gasteiger charge is 2.51. The van der Waals surface area contributed by atoms with Gasteiger partial charge in [-0.25, -0.2) is 13.9 Å². The summed E-state index contributed by atoms with van der Waals surface area (Å²) in [5, 5.41) is 53.7. The molecular weight excluding hydrogens is 988 g/mol. The quantitative estimate of drug-likeness (QED) is 0.0211. The number of hydrogen-bond acceptors (Lipinski definition) is 18. The number of rotatable bonds is 33. The molecule has 0 aliphatic carbocycles. The number of aliphatic carboxylic acids is 2. The number of allylic oxidation sites excluding steroid dienone is 2. The average Bonchev–Trinajstić information content (AvgIpc) is 3.25. The number of carbonyl (C=O) groups is 8. The van der Waals surface area contributed by atoms with Gasteiger partial charge in [-0.15, -0.1) is 0 Å². The predicted molar refractivity (Wildman–Crippen MR) is 248 cm³/mol. The zero-order valence-electron chi connectivity index (χ0n) is 41.1. The topological polar surface area (TPSA) is 436 Å². The van der Waals surface area contributed by atoms with Crippen molar-refractivity contribution in [1.82, 2.24) is 31.9 Å². The summed E-state index contributed by atoms with van der Waals surface area (Å²) in [6.07, 6.45) is -5.62. The van der Waals surface area contributed by atoms with E-state index >= 15 is 0 Å². The second-order valence-electron chi connectivity index (χ2n) is 17.3. The zero-order chi connectivity index (χ0) is 54.4. The Balaban J connectivity index is 3.04. The molecule has 0 bridgehead atoms. The lowest BCUT2D eigenvalue weighted by atomic mass is 9.96. The van der Waals surface area contributed by atoms with Gasteiger partial charge in [0.05, 0.1) is 13.2 Å². The second-order valence-corrected chi connectivity index (χ2v) is 20.3. The first-order valence-electron chi connectivity index (χ1n) is 22.8. The molecule has 30 heteroatoms. The second kappa shape index (κ2) is 31.2. The SMILES string of the molecule is CC(=O)N[C@H]1[C@@H](OP(=O)(O)OP(=O)(O)OCCC(C)CCC=C(C)C)O[C@H](CO)[C@@H](O)[C@@H]1OC(C)C(=O)N[C@@H](C)C(=O)N[C@H](CCC(=O)N[C@@H](CCCCN)C(=O)N[C@H](C)C(=O)N[C@H](C)C(=O)O)C(=O)O. The Bertz CT molecular complexity index is 1940. The van der Waals surface area contributed by atoms with Crippen LogP contribution >= 0.6 is 15.6 Å². The molecule has 0 aromatic rings. The van der Waals surface area contributed by atoms with Crippen LogP contribution in [0.4, 0.5) is 0 Å². The molecule has 71 heavy (non-hydrogen) atoms. The van der Waals surface area contributed by atoms with E-state index in [1.165, 1.54) is 13.8 Å². The van der Waals surface area contributed by atoms with Crippen molar-refractivity contribution in [2.45, 2.75) is 174 Å². The summed E-state index contributed by atoms with van der Waals surface area (Å²) in [7, 11) is -10.9. The van der Waals surface area contributed by atoms with Gasteiger partial charge < -0.3 is 77.3 Å². The molecule has 1 aliphatic rings. The van der Waals surface area contributed by atoms with Crippen molar-refractivity contribution in [2.24, 2.45) is 11.7 Å². The zero-order valence-corrected chi connectivity index (χ0v) is 42.9. The molecule has 0 saturated carbocycles. The molecule has 408 valence electrons. The minimum atomic E-state index is -5.66. The predicted octanol–water partition coefficient (Wildman–Crippen LogP) is -1.07. The van der Waals surface area contributed by atoms with Gasteiger partial charge in [-0.1, -0.05) is 18.6 Å². The van der Waals surface area contributed by atoms with Crippen LogP contribution < -0.4 is 37.6 Å². The van der Waals surface area contributed by atoms with Crippen molar-refractivity contribution >= 4 is 63.0 Å². The summed E-state index contributed by atoms with van der Waals surface area (Å²) < 4.78 is 51.2. The number of carboxylic acid groups (broad SMARTS) is 2. The van der Waals surface area contributed by atoms with E-state index < -0.39 is 149 Å². The number of unbranched alkanes of at least 4 members (excludes halogenated alkanes) is 1. The van der Waals surface area contributed by atoms with Crippen LogP contribution in [0.1, 0.15) is 107 Å². The number of nitrogens with two attached hydrogens (primary N) is 1. The molecule has 1 rings (SSSR count). The van der Waals surface area contributed by atoms with Gasteiger partial charge in [0.25, 0.3) is 0 Å². The summed E-state index contributed by atoms with van der Waals surface area (Å²) in [5.74, 6) is -8.27. The van der Waals surface area contributed by atoms with E-state index in [2.05, 4.69) is 36.2 Å². The smallest absolute Gasteiger partial charge is 0.480 e. The van der Waals surface area contributed by atoms with Gasteiger partial charge in [0, 0.05) is 13.3 Å². The fourth-order valence-electron chi connectivity index (χ4n) is 6.51. The average molecular weight is 1060 g/mol. The lowest BCUT2D eigenvalue weighted by Gasteiger charge is -2.44. The third kappa shape index (κ3) is 24.7. The number of amides is 6. The third-order valence-electron chi connectivity index (χ3n) is 10.6. The summed E-state index contributed by atoms with van der Waals surface area (Å²) in [5.41, 5.74) is 6.67. The van der Waals surface area contributed by atoms with Crippen LogP contribution in [-0.2, 0) is 70.3 Å². The van der Waals surface area contributed by atoms with Gasteiger partial charge in [-0.05, 0) is 99.0 Å². The van der Waals surface area contributed by atoms with Crippen molar-refractivity contribution in [3.05, 3.63) is 11.6 Å². The Labute approximate surface area is 411 Å². The van der Waals surface area contributed by atoms with Crippen molar-refractivity contribution in [1.29, 1.82) is 0 Å². The first-order chi connectivity index (χ1) is 32.9. The monoisotopic (exact) mass is 1060 g/mol. The van der Waals surface area contributed by atoms with Crippen LogP contribution in [-0.4, -0.2) is 164 Å². The Morgan fingerprint density at radius 1 is 0.732 bits per heavy atom. The van der Waals surface area contributed by atoms with E-state index in [-0.39, 0.29) is 31.9 Å². The first kappa shape index (κ1) is 64.6. The van der Waals surface area contributed by atoms with E-state index in [9.17, 15) is 72.6 Å². The minimum absolute atomic E-state index is 0.0317. The van der Waals surface area contributed by atoms with Crippen molar-refractivity contribution in [3.8, 4) is 0 Å². The van der Waals surface area contributed by atoms with Gasteiger partial charge in [0.2, 0.25) is 35.4 Å². The van der Waals surface area contributed by atoms with Gasteiger partial charge in [-0.2, -0.15) is 4.31 Å². The molecule has 1 fully saturated rings. The largest absolute Gasteiger partial charge is 0.483 e. The molecular formula is C41H73N7O21P2. The Morgan fingerprint density at radius 2 is 1.32 bits per heavy atom. The van der Waals surface area contributed by atoms with E-state index in [1.807, 2.05) is 26.8 Å². The molecule has 14 N–H and O–H groups in total. The maximum Gasteiger partial charge on any atom is 0.483 e. The number of hydrogen-bond donors (Lipinski definition) is 13. The maximum absolute atomic E-state index is 13.3. The molecule has 6 amide bonds. The third-order valence-corrected chi connectivity index (χ3v) is 13.2. The van der Waals surface area contributed by atoms with Crippen molar-refractivity contribution in [2.75, 3.05) is 19.8 Å². The van der Waals surface area contributed by atoms with Crippen LogP contribution in [0.5, 0.6) is 0 Å².